The number of aromatic nitrogens is 3. The van der Waals surface area contributed by atoms with Gasteiger partial charge in [-0.2, -0.15) is 0 Å². The summed E-state index contributed by atoms with van der Waals surface area (Å²) in [5, 5.41) is 8.28. The van der Waals surface area contributed by atoms with Gasteiger partial charge in [0.05, 0.1) is 6.61 Å². The van der Waals surface area contributed by atoms with E-state index >= 15 is 0 Å². The van der Waals surface area contributed by atoms with E-state index in [0.29, 0.717) is 24.0 Å². The number of benzene rings is 2. The number of carbonyl (C=O) groups is 1. The third-order valence-corrected chi connectivity index (χ3v) is 6.28. The molecule has 0 saturated carbocycles. The van der Waals surface area contributed by atoms with Gasteiger partial charge in [0.15, 0.2) is 5.82 Å². The third kappa shape index (κ3) is 6.31. The molecule has 1 aliphatic heterocycles. The molecular formula is C27H32N4O3. The molecule has 1 amide bonds. The van der Waals surface area contributed by atoms with Crippen LogP contribution in [0, 0.1) is 5.92 Å². The van der Waals surface area contributed by atoms with Crippen LogP contribution in [-0.4, -0.2) is 45.7 Å². The standard InChI is InChI=1S/C27H32N4O3/c1-2-18-34-23-10-8-22(9-11-23)26-28-27(33)24(29-30-26)12-13-25(32)31-16-14-21(15-17-31)19-20-6-4-3-5-7-20/h3-11,21H,2,12-19H2,1H3,(H,28,30,33). The number of rotatable bonds is 9. The van der Waals surface area contributed by atoms with Gasteiger partial charge in [0, 0.05) is 31.5 Å². The molecule has 0 atom stereocenters. The highest BCUT2D eigenvalue weighted by molar-refractivity contribution is 5.76. The Balaban J connectivity index is 1.26. The van der Waals surface area contributed by atoms with E-state index in [2.05, 4.69) is 46.4 Å². The lowest BCUT2D eigenvalue weighted by Gasteiger charge is -2.32. The first-order valence-electron chi connectivity index (χ1n) is 12.1. The van der Waals surface area contributed by atoms with Gasteiger partial charge in [-0.3, -0.25) is 9.59 Å². The number of nitrogens with one attached hydrogen (secondary N) is 1. The molecule has 1 aromatic heterocycles. The van der Waals surface area contributed by atoms with Crippen LogP contribution >= 0.6 is 0 Å². The van der Waals surface area contributed by atoms with Gasteiger partial charge in [-0.25, -0.2) is 0 Å². The molecule has 1 N–H and O–H groups in total. The van der Waals surface area contributed by atoms with Gasteiger partial charge in [0.25, 0.3) is 5.56 Å². The first-order valence-corrected chi connectivity index (χ1v) is 12.1. The largest absolute Gasteiger partial charge is 0.494 e. The van der Waals surface area contributed by atoms with Gasteiger partial charge < -0.3 is 14.6 Å². The average Bonchev–Trinajstić information content (AvgIpc) is 2.88. The lowest BCUT2D eigenvalue weighted by Crippen LogP contribution is -2.39. The number of hydrogen-bond donors (Lipinski definition) is 1. The molecule has 2 aromatic carbocycles. The van der Waals surface area contributed by atoms with Gasteiger partial charge in [-0.05, 0) is 61.4 Å². The van der Waals surface area contributed by atoms with E-state index < -0.39 is 0 Å². The lowest BCUT2D eigenvalue weighted by atomic mass is 9.90. The van der Waals surface area contributed by atoms with Crippen molar-refractivity contribution in [1.82, 2.24) is 20.1 Å². The van der Waals surface area contributed by atoms with Crippen LogP contribution in [0.4, 0.5) is 0 Å². The number of aryl methyl sites for hydroxylation is 1. The Morgan fingerprint density at radius 2 is 1.79 bits per heavy atom. The van der Waals surface area contributed by atoms with Crippen LogP contribution in [0.1, 0.15) is 43.9 Å². The molecule has 0 radical (unpaired) electrons. The quantitative estimate of drug-likeness (QED) is 0.521. The zero-order valence-corrected chi connectivity index (χ0v) is 19.7. The molecule has 4 rings (SSSR count). The summed E-state index contributed by atoms with van der Waals surface area (Å²) in [5.74, 6) is 1.87. The van der Waals surface area contributed by atoms with Gasteiger partial charge in [-0.1, -0.05) is 37.3 Å². The number of amides is 1. The van der Waals surface area contributed by atoms with Gasteiger partial charge in [0.2, 0.25) is 5.91 Å². The molecule has 3 aromatic rings. The summed E-state index contributed by atoms with van der Waals surface area (Å²) in [5.41, 5.74) is 2.10. The van der Waals surface area contributed by atoms with Crippen molar-refractivity contribution in [3.8, 4) is 17.1 Å². The van der Waals surface area contributed by atoms with Crippen molar-refractivity contribution in [2.24, 2.45) is 5.92 Å². The Hall–Kier alpha value is -3.48. The minimum absolute atomic E-state index is 0.0751. The van der Waals surface area contributed by atoms with Crippen molar-refractivity contribution in [1.29, 1.82) is 0 Å². The summed E-state index contributed by atoms with van der Waals surface area (Å²) in [7, 11) is 0. The summed E-state index contributed by atoms with van der Waals surface area (Å²) < 4.78 is 5.58. The highest BCUT2D eigenvalue weighted by Crippen LogP contribution is 2.22. The zero-order valence-electron chi connectivity index (χ0n) is 19.7. The van der Waals surface area contributed by atoms with Gasteiger partial charge in [-0.15, -0.1) is 10.2 Å². The highest BCUT2D eigenvalue weighted by Gasteiger charge is 2.23. The second-order valence-corrected chi connectivity index (χ2v) is 8.84. The summed E-state index contributed by atoms with van der Waals surface area (Å²) in [6, 6.07) is 17.9. The molecular weight excluding hydrogens is 428 g/mol. The third-order valence-electron chi connectivity index (χ3n) is 6.28. The Morgan fingerprint density at radius 3 is 2.47 bits per heavy atom. The molecule has 0 aliphatic carbocycles. The molecule has 0 spiro atoms. The maximum absolute atomic E-state index is 12.7. The van der Waals surface area contributed by atoms with E-state index in [1.165, 1.54) is 5.56 Å². The number of aromatic amines is 1. The number of nitrogens with zero attached hydrogens (tertiary/aromatic N) is 3. The number of piperidine rings is 1. The van der Waals surface area contributed by atoms with Crippen LogP contribution in [0.15, 0.2) is 59.4 Å². The lowest BCUT2D eigenvalue weighted by molar-refractivity contribution is -0.132. The maximum atomic E-state index is 12.7. The fourth-order valence-electron chi connectivity index (χ4n) is 4.30. The first-order chi connectivity index (χ1) is 16.6. The van der Waals surface area contributed by atoms with Crippen molar-refractivity contribution in [2.75, 3.05) is 19.7 Å². The van der Waals surface area contributed by atoms with E-state index in [-0.39, 0.29) is 24.3 Å². The molecule has 0 unspecified atom stereocenters. The van der Waals surface area contributed by atoms with E-state index in [9.17, 15) is 9.59 Å². The molecule has 7 nitrogen and oxygen atoms in total. The monoisotopic (exact) mass is 460 g/mol. The van der Waals surface area contributed by atoms with Gasteiger partial charge >= 0.3 is 0 Å². The zero-order chi connectivity index (χ0) is 23.8. The molecule has 1 aliphatic rings. The van der Waals surface area contributed by atoms with E-state index in [4.69, 9.17) is 4.74 Å². The smallest absolute Gasteiger partial charge is 0.273 e. The number of carbonyl (C=O) groups excluding carboxylic acids is 1. The van der Waals surface area contributed by atoms with Crippen molar-refractivity contribution in [3.05, 3.63) is 76.2 Å². The van der Waals surface area contributed by atoms with Crippen molar-refractivity contribution >= 4 is 5.91 Å². The van der Waals surface area contributed by atoms with Crippen LogP contribution in [0.2, 0.25) is 0 Å². The fraction of sp³-hybridized carbons (Fsp3) is 0.407. The highest BCUT2D eigenvalue weighted by atomic mass is 16.5. The minimum Gasteiger partial charge on any atom is -0.494 e. The minimum atomic E-state index is -0.300. The van der Waals surface area contributed by atoms with Gasteiger partial charge in [0.1, 0.15) is 11.4 Å². The average molecular weight is 461 g/mol. The number of ether oxygens (including phenoxy) is 1. The number of hydrogen-bond acceptors (Lipinski definition) is 5. The summed E-state index contributed by atoms with van der Waals surface area (Å²) in [6.07, 6.45) is 4.58. The van der Waals surface area contributed by atoms with Crippen LogP contribution in [0.3, 0.4) is 0 Å². The van der Waals surface area contributed by atoms with Crippen molar-refractivity contribution in [3.63, 3.8) is 0 Å². The molecule has 1 saturated heterocycles. The molecule has 1 fully saturated rings. The van der Waals surface area contributed by atoms with Crippen molar-refractivity contribution in [2.45, 2.75) is 45.4 Å². The second kappa shape index (κ2) is 11.6. The fourth-order valence-corrected chi connectivity index (χ4v) is 4.30. The molecule has 34 heavy (non-hydrogen) atoms. The Kier molecular flexibility index (Phi) is 8.07. The number of likely N-dealkylation sites (tertiary alicyclic amines) is 1. The molecule has 2 heterocycles. The van der Waals surface area contributed by atoms with E-state index in [1.54, 1.807) is 0 Å². The normalized spacial score (nSPS) is 14.2. The summed E-state index contributed by atoms with van der Waals surface area (Å²) in [6.45, 7) is 4.26. The molecule has 178 valence electrons. The Labute approximate surface area is 200 Å². The first kappa shape index (κ1) is 23.7. The maximum Gasteiger partial charge on any atom is 0.273 e. The summed E-state index contributed by atoms with van der Waals surface area (Å²) in [4.78, 5) is 29.9. The topological polar surface area (TPSA) is 88.2 Å². The second-order valence-electron chi connectivity index (χ2n) is 8.84. The van der Waals surface area contributed by atoms with Crippen LogP contribution < -0.4 is 10.3 Å². The Bertz CT molecular complexity index is 1120. The van der Waals surface area contributed by atoms with E-state index in [1.807, 2.05) is 35.2 Å². The van der Waals surface area contributed by atoms with E-state index in [0.717, 1.165) is 50.1 Å². The van der Waals surface area contributed by atoms with Crippen molar-refractivity contribution < 1.29 is 9.53 Å². The molecule has 7 heteroatoms. The van der Waals surface area contributed by atoms with Crippen LogP contribution in [0.25, 0.3) is 11.4 Å². The number of H-pyrrole nitrogens is 1. The van der Waals surface area contributed by atoms with Crippen LogP contribution in [0.5, 0.6) is 5.75 Å². The molecule has 0 bridgehead atoms. The predicted molar refractivity (Wildman–Crippen MR) is 132 cm³/mol. The summed E-state index contributed by atoms with van der Waals surface area (Å²) >= 11 is 0. The predicted octanol–water partition coefficient (Wildman–Crippen LogP) is 4.03. The SMILES string of the molecule is CCCOc1ccc(-c2nnc(CCC(=O)N3CCC(Cc4ccccc4)CC3)c(=O)[nH]2)cc1. The van der Waals surface area contributed by atoms with Crippen LogP contribution in [-0.2, 0) is 17.6 Å². The Morgan fingerprint density at radius 1 is 1.06 bits per heavy atom.